The predicted molar refractivity (Wildman–Crippen MR) is 126 cm³/mol. The SMILES string of the molecule is COc1cccc(-c2coc3cc(OC)c(/C(C)=C/C(=O)Nc4ncc([N+](=O)[O-])s4)cc23)c1. The molecule has 0 bridgehead atoms. The lowest BCUT2D eigenvalue weighted by Crippen LogP contribution is -2.08. The number of ether oxygens (including phenoxy) is 2. The predicted octanol–water partition coefficient (Wildman–Crippen LogP) is 5.52. The Hall–Kier alpha value is -4.18. The van der Waals surface area contributed by atoms with Crippen LogP contribution in [0.25, 0.3) is 27.7 Å². The van der Waals surface area contributed by atoms with Crippen molar-refractivity contribution < 1.29 is 23.6 Å². The average Bonchev–Trinajstić information content (AvgIpc) is 3.44. The first-order valence-electron chi connectivity index (χ1n) is 9.73. The highest BCUT2D eigenvalue weighted by Crippen LogP contribution is 2.38. The van der Waals surface area contributed by atoms with Crippen LogP contribution < -0.4 is 14.8 Å². The Labute approximate surface area is 192 Å². The maximum Gasteiger partial charge on any atom is 0.345 e. The van der Waals surface area contributed by atoms with Gasteiger partial charge in [-0.2, -0.15) is 0 Å². The van der Waals surface area contributed by atoms with Gasteiger partial charge in [0.25, 0.3) is 0 Å². The van der Waals surface area contributed by atoms with E-state index in [1.807, 2.05) is 30.3 Å². The molecule has 168 valence electrons. The summed E-state index contributed by atoms with van der Waals surface area (Å²) in [5.41, 5.74) is 3.78. The first-order valence-corrected chi connectivity index (χ1v) is 10.5. The number of amides is 1. The summed E-state index contributed by atoms with van der Waals surface area (Å²) in [6, 6.07) is 11.3. The molecule has 0 spiro atoms. The molecule has 1 N–H and O–H groups in total. The summed E-state index contributed by atoms with van der Waals surface area (Å²) in [4.78, 5) is 26.6. The van der Waals surface area contributed by atoms with Gasteiger partial charge in [-0.25, -0.2) is 4.98 Å². The molecule has 0 fully saturated rings. The fourth-order valence-corrected chi connectivity index (χ4v) is 4.00. The molecule has 9 nitrogen and oxygen atoms in total. The normalized spacial score (nSPS) is 11.4. The molecule has 33 heavy (non-hydrogen) atoms. The van der Waals surface area contributed by atoms with Crippen molar-refractivity contribution in [3.8, 4) is 22.6 Å². The second kappa shape index (κ2) is 9.13. The van der Waals surface area contributed by atoms with Crippen LogP contribution in [0.2, 0.25) is 0 Å². The van der Waals surface area contributed by atoms with Crippen molar-refractivity contribution in [2.75, 3.05) is 19.5 Å². The minimum absolute atomic E-state index is 0.147. The molecular formula is C23H19N3O6S. The number of furan rings is 1. The molecule has 0 unspecified atom stereocenters. The molecule has 10 heteroatoms. The number of carbonyl (C=O) groups excluding carboxylic acids is 1. The van der Waals surface area contributed by atoms with Gasteiger partial charge in [0, 0.05) is 28.7 Å². The van der Waals surface area contributed by atoms with E-state index < -0.39 is 10.8 Å². The maximum atomic E-state index is 12.5. The van der Waals surface area contributed by atoms with Crippen LogP contribution in [0.1, 0.15) is 12.5 Å². The van der Waals surface area contributed by atoms with Gasteiger partial charge in [0.15, 0.2) is 5.13 Å². The summed E-state index contributed by atoms with van der Waals surface area (Å²) in [6.45, 7) is 1.78. The first kappa shape index (κ1) is 22.0. The van der Waals surface area contributed by atoms with E-state index in [1.54, 1.807) is 33.5 Å². The van der Waals surface area contributed by atoms with Gasteiger partial charge < -0.3 is 13.9 Å². The summed E-state index contributed by atoms with van der Waals surface area (Å²) in [5.74, 6) is 0.811. The molecule has 4 aromatic rings. The lowest BCUT2D eigenvalue weighted by molar-refractivity contribution is -0.380. The number of allylic oxidation sites excluding steroid dienone is 1. The van der Waals surface area contributed by atoms with Crippen LogP contribution in [-0.4, -0.2) is 30.0 Å². The van der Waals surface area contributed by atoms with Crippen LogP contribution >= 0.6 is 11.3 Å². The molecule has 0 saturated heterocycles. The molecule has 0 aliphatic carbocycles. The molecule has 4 rings (SSSR count). The topological polar surface area (TPSA) is 117 Å². The van der Waals surface area contributed by atoms with E-state index in [1.165, 1.54) is 6.08 Å². The monoisotopic (exact) mass is 465 g/mol. The van der Waals surface area contributed by atoms with Crippen molar-refractivity contribution in [3.05, 3.63) is 70.6 Å². The highest BCUT2D eigenvalue weighted by molar-refractivity contribution is 7.18. The third-order valence-electron chi connectivity index (χ3n) is 4.95. The second-order valence-corrected chi connectivity index (χ2v) is 8.02. The maximum absolute atomic E-state index is 12.5. The van der Waals surface area contributed by atoms with Crippen molar-refractivity contribution in [2.45, 2.75) is 6.92 Å². The highest BCUT2D eigenvalue weighted by Gasteiger charge is 2.16. The number of aromatic nitrogens is 1. The minimum atomic E-state index is -0.556. The van der Waals surface area contributed by atoms with Crippen molar-refractivity contribution in [3.63, 3.8) is 0 Å². The highest BCUT2D eigenvalue weighted by atomic mass is 32.1. The number of nitro groups is 1. The zero-order chi connectivity index (χ0) is 23.5. The third kappa shape index (κ3) is 4.55. The second-order valence-electron chi connectivity index (χ2n) is 7.01. The fourth-order valence-electron chi connectivity index (χ4n) is 3.37. The zero-order valence-electron chi connectivity index (χ0n) is 17.9. The van der Waals surface area contributed by atoms with Crippen LogP contribution in [-0.2, 0) is 4.79 Å². The number of hydrogen-bond acceptors (Lipinski definition) is 8. The number of methoxy groups -OCH3 is 2. The van der Waals surface area contributed by atoms with Gasteiger partial charge in [-0.1, -0.05) is 12.1 Å². The number of thiazole rings is 1. The molecular weight excluding hydrogens is 446 g/mol. The molecule has 2 aromatic carbocycles. The molecule has 1 amide bonds. The Balaban J connectivity index is 1.69. The van der Waals surface area contributed by atoms with Crippen molar-refractivity contribution in [1.82, 2.24) is 4.98 Å². The van der Waals surface area contributed by atoms with E-state index in [0.29, 0.717) is 22.5 Å². The smallest absolute Gasteiger partial charge is 0.345 e. The van der Waals surface area contributed by atoms with Crippen LogP contribution in [0.4, 0.5) is 10.1 Å². The van der Waals surface area contributed by atoms with Gasteiger partial charge >= 0.3 is 5.00 Å². The molecule has 2 aromatic heterocycles. The minimum Gasteiger partial charge on any atom is -0.497 e. The Morgan fingerprint density at radius 1 is 1.24 bits per heavy atom. The summed E-state index contributed by atoms with van der Waals surface area (Å²) in [5, 5.41) is 14.2. The van der Waals surface area contributed by atoms with Crippen LogP contribution in [0.15, 0.2) is 59.4 Å². The standard InChI is InChI=1S/C23H19N3O6S/c1-13(7-21(27)25-23-24-11-22(33-23)26(28)29)16-9-17-18(12-32-20(17)10-19(16)31-3)14-5-4-6-15(8-14)30-2/h4-12H,1-3H3,(H,24,25,27)/b13-7+. The molecule has 0 radical (unpaired) electrons. The number of nitrogens with zero attached hydrogens (tertiary/aromatic N) is 2. The van der Waals surface area contributed by atoms with Crippen LogP contribution in [0.3, 0.4) is 0 Å². The Bertz CT molecular complexity index is 1390. The number of nitrogens with one attached hydrogen (secondary N) is 1. The summed E-state index contributed by atoms with van der Waals surface area (Å²) in [6.07, 6.45) is 4.17. The van der Waals surface area contributed by atoms with E-state index >= 15 is 0 Å². The largest absolute Gasteiger partial charge is 0.497 e. The van der Waals surface area contributed by atoms with Gasteiger partial charge in [0.1, 0.15) is 23.3 Å². The van der Waals surface area contributed by atoms with Gasteiger partial charge in [-0.3, -0.25) is 20.2 Å². The summed E-state index contributed by atoms with van der Waals surface area (Å²) >= 11 is 0.787. The number of fused-ring (bicyclic) bond motifs is 1. The average molecular weight is 465 g/mol. The van der Waals surface area contributed by atoms with Gasteiger partial charge in [0.2, 0.25) is 5.91 Å². The van der Waals surface area contributed by atoms with Crippen molar-refractivity contribution in [1.29, 1.82) is 0 Å². The molecule has 0 aliphatic rings. The Morgan fingerprint density at radius 2 is 2.06 bits per heavy atom. The quantitative estimate of drug-likeness (QED) is 0.217. The lowest BCUT2D eigenvalue weighted by Gasteiger charge is -2.10. The van der Waals surface area contributed by atoms with E-state index in [-0.39, 0.29) is 10.1 Å². The van der Waals surface area contributed by atoms with Crippen LogP contribution in [0.5, 0.6) is 11.5 Å². The van der Waals surface area contributed by atoms with Crippen molar-refractivity contribution >= 4 is 43.9 Å². The van der Waals surface area contributed by atoms with Gasteiger partial charge in [-0.05, 0) is 47.6 Å². The van der Waals surface area contributed by atoms with E-state index in [2.05, 4.69) is 10.3 Å². The van der Waals surface area contributed by atoms with E-state index in [4.69, 9.17) is 13.9 Å². The van der Waals surface area contributed by atoms with E-state index in [9.17, 15) is 14.9 Å². The zero-order valence-corrected chi connectivity index (χ0v) is 18.8. The number of hydrogen-bond donors (Lipinski definition) is 1. The Morgan fingerprint density at radius 3 is 2.76 bits per heavy atom. The molecule has 0 aliphatic heterocycles. The first-order chi connectivity index (χ1) is 15.9. The number of anilines is 1. The van der Waals surface area contributed by atoms with Crippen molar-refractivity contribution in [2.24, 2.45) is 0 Å². The van der Waals surface area contributed by atoms with Crippen LogP contribution in [0, 0.1) is 10.1 Å². The third-order valence-corrected chi connectivity index (χ3v) is 5.82. The lowest BCUT2D eigenvalue weighted by atomic mass is 9.99. The number of benzene rings is 2. The Kier molecular flexibility index (Phi) is 6.09. The van der Waals surface area contributed by atoms with E-state index in [0.717, 1.165) is 39.8 Å². The molecule has 0 atom stereocenters. The van der Waals surface area contributed by atoms with Gasteiger partial charge in [0.05, 0.1) is 25.4 Å². The molecule has 0 saturated carbocycles. The van der Waals surface area contributed by atoms with Gasteiger partial charge in [-0.15, -0.1) is 0 Å². The number of rotatable bonds is 7. The molecule has 2 heterocycles. The number of carbonyl (C=O) groups is 1. The fraction of sp³-hybridized carbons (Fsp3) is 0.130. The summed E-state index contributed by atoms with van der Waals surface area (Å²) < 4.78 is 16.6. The summed E-state index contributed by atoms with van der Waals surface area (Å²) in [7, 11) is 3.15.